The van der Waals surface area contributed by atoms with E-state index in [4.69, 9.17) is 0 Å². The lowest BCUT2D eigenvalue weighted by molar-refractivity contribution is 0.385. The molecule has 1 aliphatic rings. The topological polar surface area (TPSA) is 43.9 Å². The minimum atomic E-state index is -3.56. The number of nitrogens with zero attached hydrogens (tertiary/aromatic N) is 3. The third kappa shape index (κ3) is 3.58. The molecule has 1 aliphatic heterocycles. The molecule has 1 fully saturated rings. The quantitative estimate of drug-likeness (QED) is 0.659. The fourth-order valence-corrected chi connectivity index (χ4v) is 5.73. The van der Waals surface area contributed by atoms with E-state index in [0.717, 1.165) is 16.5 Å². The van der Waals surface area contributed by atoms with Crippen LogP contribution in [0.5, 0.6) is 0 Å². The van der Waals surface area contributed by atoms with Crippen molar-refractivity contribution in [3.63, 3.8) is 0 Å². The lowest BCUT2D eigenvalue weighted by atomic mass is 10.1. The second kappa shape index (κ2) is 7.69. The average Bonchev–Trinajstić information content (AvgIpc) is 2.73. The Morgan fingerprint density at radius 2 is 1.45 bits per heavy atom. The number of fused-ring (bicyclic) bond motifs is 1. The van der Waals surface area contributed by atoms with Gasteiger partial charge in [0.2, 0.25) is 10.0 Å². The predicted octanol–water partition coefficient (Wildman–Crippen LogP) is 3.73. The van der Waals surface area contributed by atoms with Gasteiger partial charge in [-0.15, -0.1) is 0 Å². The fraction of sp³-hybridized carbons (Fsp3) is 0.304. The van der Waals surface area contributed by atoms with Crippen LogP contribution in [0.15, 0.2) is 65.6 Å². The number of piperazine rings is 1. The first-order valence-electron chi connectivity index (χ1n) is 9.89. The number of benzene rings is 3. The minimum absolute atomic E-state index is 0.392. The number of hydrogen-bond donors (Lipinski definition) is 0. The molecule has 5 nitrogen and oxygen atoms in total. The number of hydrogen-bond acceptors (Lipinski definition) is 4. The Morgan fingerprint density at radius 1 is 0.793 bits per heavy atom. The van der Waals surface area contributed by atoms with Crippen LogP contribution in [0.25, 0.3) is 10.8 Å². The second-order valence-corrected chi connectivity index (χ2v) is 9.61. The lowest BCUT2D eigenvalue weighted by Crippen LogP contribution is -2.48. The van der Waals surface area contributed by atoms with Gasteiger partial charge >= 0.3 is 0 Å². The molecule has 0 amide bonds. The SMILES string of the molecule is Cc1ccccc1N1CCN(S(=O)(=O)c2cccc3c(N(C)C)cccc23)CC1. The summed E-state index contributed by atoms with van der Waals surface area (Å²) in [5.74, 6) is 0. The van der Waals surface area contributed by atoms with Gasteiger partial charge in [0.15, 0.2) is 0 Å². The van der Waals surface area contributed by atoms with E-state index in [1.54, 1.807) is 10.4 Å². The zero-order valence-electron chi connectivity index (χ0n) is 17.2. The summed E-state index contributed by atoms with van der Waals surface area (Å²) in [7, 11) is 0.387. The van der Waals surface area contributed by atoms with Gasteiger partial charge in [0.1, 0.15) is 0 Å². The molecular weight excluding hydrogens is 382 g/mol. The Balaban J connectivity index is 1.64. The third-order valence-electron chi connectivity index (χ3n) is 5.65. The summed E-state index contributed by atoms with van der Waals surface area (Å²) in [4.78, 5) is 4.68. The Kier molecular flexibility index (Phi) is 5.23. The summed E-state index contributed by atoms with van der Waals surface area (Å²) in [6, 6.07) is 19.7. The number of para-hydroxylation sites is 1. The van der Waals surface area contributed by atoms with Gasteiger partial charge in [0.25, 0.3) is 0 Å². The molecule has 1 saturated heterocycles. The molecule has 29 heavy (non-hydrogen) atoms. The number of anilines is 2. The van der Waals surface area contributed by atoms with Gasteiger partial charge in [-0.3, -0.25) is 0 Å². The molecule has 0 spiro atoms. The molecule has 3 aromatic carbocycles. The zero-order chi connectivity index (χ0) is 20.6. The molecule has 152 valence electrons. The smallest absolute Gasteiger partial charge is 0.243 e. The van der Waals surface area contributed by atoms with E-state index < -0.39 is 10.0 Å². The summed E-state index contributed by atoms with van der Waals surface area (Å²) < 4.78 is 28.6. The summed E-state index contributed by atoms with van der Waals surface area (Å²) in [6.07, 6.45) is 0. The van der Waals surface area contributed by atoms with Crippen LogP contribution in [-0.4, -0.2) is 53.0 Å². The first-order valence-corrected chi connectivity index (χ1v) is 11.3. The lowest BCUT2D eigenvalue weighted by Gasteiger charge is -2.36. The maximum Gasteiger partial charge on any atom is 0.243 e. The zero-order valence-corrected chi connectivity index (χ0v) is 18.0. The highest BCUT2D eigenvalue weighted by molar-refractivity contribution is 7.89. The van der Waals surface area contributed by atoms with Gasteiger partial charge in [-0.1, -0.05) is 42.5 Å². The van der Waals surface area contributed by atoms with Crippen molar-refractivity contribution < 1.29 is 8.42 Å². The van der Waals surface area contributed by atoms with Crippen molar-refractivity contribution in [1.82, 2.24) is 4.31 Å². The Labute approximate surface area is 173 Å². The molecule has 0 N–H and O–H groups in total. The van der Waals surface area contributed by atoms with Crippen molar-refractivity contribution in [3.05, 3.63) is 66.2 Å². The van der Waals surface area contributed by atoms with Crippen LogP contribution in [0, 0.1) is 6.92 Å². The monoisotopic (exact) mass is 409 g/mol. The number of rotatable bonds is 4. The van der Waals surface area contributed by atoms with Crippen LogP contribution in [0.1, 0.15) is 5.56 Å². The maximum atomic E-state index is 13.5. The van der Waals surface area contributed by atoms with Crippen molar-refractivity contribution in [2.24, 2.45) is 0 Å². The molecule has 0 bridgehead atoms. The van der Waals surface area contributed by atoms with Crippen LogP contribution in [0.2, 0.25) is 0 Å². The summed E-state index contributed by atoms with van der Waals surface area (Å²) in [5.41, 5.74) is 3.42. The largest absolute Gasteiger partial charge is 0.377 e. The fourth-order valence-electron chi connectivity index (χ4n) is 4.11. The minimum Gasteiger partial charge on any atom is -0.377 e. The van der Waals surface area contributed by atoms with E-state index in [1.165, 1.54) is 11.3 Å². The molecule has 1 heterocycles. The molecular formula is C23H27N3O2S. The Hall–Kier alpha value is -2.57. The normalized spacial score (nSPS) is 15.6. The summed E-state index contributed by atoms with van der Waals surface area (Å²) in [5, 5.41) is 1.73. The van der Waals surface area contributed by atoms with Crippen LogP contribution in [0.3, 0.4) is 0 Å². The molecule has 0 radical (unpaired) electrons. The molecule has 4 rings (SSSR count). The molecule has 0 saturated carbocycles. The first kappa shape index (κ1) is 19.7. The average molecular weight is 410 g/mol. The van der Waals surface area contributed by atoms with E-state index in [2.05, 4.69) is 24.0 Å². The van der Waals surface area contributed by atoms with Gasteiger partial charge in [-0.05, 0) is 30.7 Å². The van der Waals surface area contributed by atoms with E-state index in [-0.39, 0.29) is 0 Å². The van der Waals surface area contributed by atoms with E-state index in [9.17, 15) is 8.42 Å². The molecule has 0 aromatic heterocycles. The van der Waals surface area contributed by atoms with Gasteiger partial charge in [0, 0.05) is 62.4 Å². The van der Waals surface area contributed by atoms with Crippen LogP contribution >= 0.6 is 0 Å². The highest BCUT2D eigenvalue weighted by atomic mass is 32.2. The van der Waals surface area contributed by atoms with Gasteiger partial charge in [-0.2, -0.15) is 4.31 Å². The maximum absolute atomic E-state index is 13.5. The number of sulfonamides is 1. The predicted molar refractivity (Wildman–Crippen MR) is 120 cm³/mol. The van der Waals surface area contributed by atoms with Crippen molar-refractivity contribution in [3.8, 4) is 0 Å². The molecule has 0 unspecified atom stereocenters. The van der Waals surface area contributed by atoms with Crippen molar-refractivity contribution in [1.29, 1.82) is 0 Å². The van der Waals surface area contributed by atoms with E-state index >= 15 is 0 Å². The Morgan fingerprint density at radius 3 is 2.14 bits per heavy atom. The van der Waals surface area contributed by atoms with Crippen molar-refractivity contribution in [2.45, 2.75) is 11.8 Å². The van der Waals surface area contributed by atoms with Crippen LogP contribution in [0.4, 0.5) is 11.4 Å². The van der Waals surface area contributed by atoms with Gasteiger partial charge in [0.05, 0.1) is 4.90 Å². The summed E-state index contributed by atoms with van der Waals surface area (Å²) >= 11 is 0. The van der Waals surface area contributed by atoms with Crippen molar-refractivity contribution in [2.75, 3.05) is 50.1 Å². The molecule has 6 heteroatoms. The highest BCUT2D eigenvalue weighted by Gasteiger charge is 2.30. The third-order valence-corrected chi connectivity index (χ3v) is 7.61. The highest BCUT2D eigenvalue weighted by Crippen LogP contribution is 2.32. The summed E-state index contributed by atoms with van der Waals surface area (Å²) in [6.45, 7) is 4.45. The standard InChI is InChI=1S/C23H27N3O2S/c1-18-8-4-5-11-21(18)25-14-16-26(17-15-25)29(27,28)23-13-7-9-19-20(23)10-6-12-22(19)24(2)3/h4-13H,14-17H2,1-3H3. The second-order valence-electron chi connectivity index (χ2n) is 7.70. The first-order chi connectivity index (χ1) is 13.9. The van der Waals surface area contributed by atoms with Crippen LogP contribution in [-0.2, 0) is 10.0 Å². The molecule has 3 aromatic rings. The van der Waals surface area contributed by atoms with Crippen LogP contribution < -0.4 is 9.80 Å². The van der Waals surface area contributed by atoms with Crippen molar-refractivity contribution >= 4 is 32.2 Å². The Bertz CT molecular complexity index is 1130. The van der Waals surface area contributed by atoms with Gasteiger partial charge in [-0.25, -0.2) is 8.42 Å². The molecule has 0 aliphatic carbocycles. The van der Waals surface area contributed by atoms with Gasteiger partial charge < -0.3 is 9.80 Å². The van der Waals surface area contributed by atoms with E-state index in [1.807, 2.05) is 61.5 Å². The number of aryl methyl sites for hydroxylation is 1. The van der Waals surface area contributed by atoms with E-state index in [0.29, 0.717) is 31.1 Å². The molecule has 0 atom stereocenters.